The molecule has 2 atom stereocenters. The molecule has 1 aliphatic rings. The van der Waals surface area contributed by atoms with Gasteiger partial charge >= 0.3 is 5.97 Å². The summed E-state index contributed by atoms with van der Waals surface area (Å²) in [6.45, 7) is 2.86. The topological polar surface area (TPSA) is 88.8 Å². The third kappa shape index (κ3) is 3.91. The Morgan fingerprint density at radius 2 is 2.04 bits per heavy atom. The quantitative estimate of drug-likeness (QED) is 0.842. The van der Waals surface area contributed by atoms with E-state index < -0.39 is 5.97 Å². The molecule has 1 amide bonds. The number of aryl methyl sites for hydroxylation is 1. The molecule has 0 aliphatic carbocycles. The molecule has 1 saturated heterocycles. The van der Waals surface area contributed by atoms with E-state index in [2.05, 4.69) is 5.32 Å². The summed E-state index contributed by atoms with van der Waals surface area (Å²) in [6.07, 6.45) is 1.94. The van der Waals surface area contributed by atoms with E-state index >= 15 is 0 Å². The van der Waals surface area contributed by atoms with Crippen LogP contribution in [0.5, 0.6) is 0 Å². The number of carbonyl (C=O) groups is 2. The van der Waals surface area contributed by atoms with E-state index in [1.54, 1.807) is 6.92 Å². The molecule has 3 rings (SSSR count). The zero-order valence-corrected chi connectivity index (χ0v) is 14.0. The molecule has 2 N–H and O–H groups in total. The number of furan rings is 1. The molecule has 25 heavy (non-hydrogen) atoms. The first-order valence-electron chi connectivity index (χ1n) is 8.29. The number of rotatable bonds is 6. The molecule has 2 heterocycles. The van der Waals surface area contributed by atoms with Crippen molar-refractivity contribution >= 4 is 11.9 Å². The van der Waals surface area contributed by atoms with Crippen LogP contribution in [0.25, 0.3) is 0 Å². The number of hydrogen-bond donors (Lipinski definition) is 2. The highest BCUT2D eigenvalue weighted by Gasteiger charge is 2.30. The van der Waals surface area contributed by atoms with Gasteiger partial charge in [-0.1, -0.05) is 30.3 Å². The van der Waals surface area contributed by atoms with E-state index in [1.807, 2.05) is 30.3 Å². The van der Waals surface area contributed by atoms with Gasteiger partial charge in [-0.3, -0.25) is 9.59 Å². The average molecular weight is 343 g/mol. The molecule has 132 valence electrons. The predicted octanol–water partition coefficient (Wildman–Crippen LogP) is 2.72. The smallest absolute Gasteiger partial charge is 0.311 e. The lowest BCUT2D eigenvalue weighted by Gasteiger charge is -2.19. The monoisotopic (exact) mass is 343 g/mol. The number of hydrogen-bond acceptors (Lipinski definition) is 4. The molecular weight excluding hydrogens is 322 g/mol. The Morgan fingerprint density at radius 1 is 1.28 bits per heavy atom. The van der Waals surface area contributed by atoms with Crippen LogP contribution in [-0.4, -0.2) is 30.1 Å². The molecule has 1 aromatic carbocycles. The average Bonchev–Trinajstić information content (AvgIpc) is 3.20. The molecule has 1 fully saturated rings. The van der Waals surface area contributed by atoms with Crippen molar-refractivity contribution in [3.8, 4) is 0 Å². The van der Waals surface area contributed by atoms with Crippen molar-refractivity contribution in [2.45, 2.75) is 25.9 Å². The van der Waals surface area contributed by atoms with Crippen LogP contribution in [0.1, 0.15) is 39.8 Å². The Hall–Kier alpha value is -2.60. The van der Waals surface area contributed by atoms with Crippen molar-refractivity contribution in [2.24, 2.45) is 5.92 Å². The Kier molecular flexibility index (Phi) is 5.19. The van der Waals surface area contributed by atoms with Crippen molar-refractivity contribution in [3.63, 3.8) is 0 Å². The number of aliphatic carboxylic acids is 1. The van der Waals surface area contributed by atoms with Crippen molar-refractivity contribution in [1.82, 2.24) is 5.32 Å². The molecule has 2 aromatic rings. The van der Waals surface area contributed by atoms with Gasteiger partial charge in [0.25, 0.3) is 5.91 Å². The maximum absolute atomic E-state index is 12.5. The molecule has 0 spiro atoms. The van der Waals surface area contributed by atoms with Gasteiger partial charge in [-0.2, -0.15) is 0 Å². The van der Waals surface area contributed by atoms with Crippen LogP contribution in [0.4, 0.5) is 0 Å². The Balaban J connectivity index is 1.66. The second kappa shape index (κ2) is 7.53. The normalized spacial score (nSPS) is 19.7. The molecular formula is C19H21NO5. The van der Waals surface area contributed by atoms with Crippen LogP contribution in [-0.2, 0) is 16.0 Å². The largest absolute Gasteiger partial charge is 0.481 e. The maximum Gasteiger partial charge on any atom is 0.311 e. The third-order valence-corrected chi connectivity index (χ3v) is 4.46. The van der Waals surface area contributed by atoms with Gasteiger partial charge in [0.2, 0.25) is 0 Å². The van der Waals surface area contributed by atoms with E-state index in [9.17, 15) is 9.59 Å². The molecule has 1 aromatic heterocycles. The first-order valence-corrected chi connectivity index (χ1v) is 8.29. The van der Waals surface area contributed by atoms with Gasteiger partial charge in [0.15, 0.2) is 0 Å². The highest BCUT2D eigenvalue weighted by atomic mass is 16.5. The third-order valence-electron chi connectivity index (χ3n) is 4.46. The summed E-state index contributed by atoms with van der Waals surface area (Å²) in [7, 11) is 0. The summed E-state index contributed by atoms with van der Waals surface area (Å²) < 4.78 is 11.1. The SMILES string of the molecule is Cc1coc(CC(=O)O)c1C(=O)NC[C@@H]1CCO[C@H]1c1ccccc1. The summed E-state index contributed by atoms with van der Waals surface area (Å²) in [5.41, 5.74) is 2.05. The lowest BCUT2D eigenvalue weighted by Crippen LogP contribution is -2.31. The Bertz CT molecular complexity index is 752. The van der Waals surface area contributed by atoms with E-state index in [1.165, 1.54) is 6.26 Å². The molecule has 0 unspecified atom stereocenters. The fourth-order valence-electron chi connectivity index (χ4n) is 3.24. The fourth-order valence-corrected chi connectivity index (χ4v) is 3.24. The number of carbonyl (C=O) groups excluding carboxylic acids is 1. The number of carboxylic acid groups (broad SMARTS) is 1. The first-order chi connectivity index (χ1) is 12.1. The van der Waals surface area contributed by atoms with E-state index in [0.717, 1.165) is 12.0 Å². The minimum Gasteiger partial charge on any atom is -0.481 e. The zero-order chi connectivity index (χ0) is 17.8. The van der Waals surface area contributed by atoms with Crippen molar-refractivity contribution in [1.29, 1.82) is 0 Å². The van der Waals surface area contributed by atoms with Gasteiger partial charge in [0.05, 0.1) is 17.9 Å². The number of ether oxygens (including phenoxy) is 1. The summed E-state index contributed by atoms with van der Waals surface area (Å²) in [4.78, 5) is 23.4. The molecule has 0 bridgehead atoms. The van der Waals surface area contributed by atoms with Gasteiger partial charge in [0, 0.05) is 24.6 Å². The van der Waals surface area contributed by atoms with Crippen molar-refractivity contribution in [2.75, 3.05) is 13.2 Å². The van der Waals surface area contributed by atoms with Gasteiger partial charge in [0.1, 0.15) is 12.2 Å². The lowest BCUT2D eigenvalue weighted by atomic mass is 9.95. The van der Waals surface area contributed by atoms with Gasteiger partial charge in [-0.05, 0) is 18.9 Å². The first kappa shape index (κ1) is 17.2. The molecule has 1 aliphatic heterocycles. The Morgan fingerprint density at radius 3 is 2.76 bits per heavy atom. The second-order valence-electron chi connectivity index (χ2n) is 6.25. The summed E-state index contributed by atoms with van der Waals surface area (Å²) in [6, 6.07) is 9.95. The maximum atomic E-state index is 12.5. The summed E-state index contributed by atoms with van der Waals surface area (Å²) >= 11 is 0. The van der Waals surface area contributed by atoms with Gasteiger partial charge in [-0.25, -0.2) is 0 Å². The van der Waals surface area contributed by atoms with Crippen LogP contribution >= 0.6 is 0 Å². The molecule has 0 radical (unpaired) electrons. The van der Waals surface area contributed by atoms with E-state index in [-0.39, 0.29) is 30.1 Å². The van der Waals surface area contributed by atoms with Crippen LogP contribution in [0, 0.1) is 12.8 Å². The van der Waals surface area contributed by atoms with Gasteiger partial charge < -0.3 is 19.6 Å². The molecule has 0 saturated carbocycles. The summed E-state index contributed by atoms with van der Waals surface area (Å²) in [5, 5.41) is 11.8. The van der Waals surface area contributed by atoms with E-state index in [4.69, 9.17) is 14.3 Å². The minimum atomic E-state index is -1.03. The predicted molar refractivity (Wildman–Crippen MR) is 90.4 cm³/mol. The van der Waals surface area contributed by atoms with Crippen LogP contribution < -0.4 is 5.32 Å². The number of amides is 1. The molecule has 6 heteroatoms. The van der Waals surface area contributed by atoms with Crippen molar-refractivity contribution in [3.05, 3.63) is 59.0 Å². The lowest BCUT2D eigenvalue weighted by molar-refractivity contribution is -0.136. The van der Waals surface area contributed by atoms with Crippen LogP contribution in [0.3, 0.4) is 0 Å². The fraction of sp³-hybridized carbons (Fsp3) is 0.368. The van der Waals surface area contributed by atoms with Crippen LogP contribution in [0.2, 0.25) is 0 Å². The highest BCUT2D eigenvalue weighted by molar-refractivity contribution is 5.97. The number of benzene rings is 1. The van der Waals surface area contributed by atoms with Crippen LogP contribution in [0.15, 0.2) is 41.0 Å². The summed E-state index contributed by atoms with van der Waals surface area (Å²) in [5.74, 6) is -0.968. The van der Waals surface area contributed by atoms with Gasteiger partial charge in [-0.15, -0.1) is 0 Å². The Labute approximate surface area is 145 Å². The number of nitrogens with one attached hydrogen (secondary N) is 1. The second-order valence-corrected chi connectivity index (χ2v) is 6.25. The minimum absolute atomic E-state index is 0.0366. The van der Waals surface area contributed by atoms with Crippen molar-refractivity contribution < 1.29 is 23.8 Å². The standard InChI is InChI=1S/C19H21NO5/c1-12-11-25-15(9-16(21)22)17(12)19(23)20-10-14-7-8-24-18(14)13-5-3-2-4-6-13/h2-6,11,14,18H,7-10H2,1H3,(H,20,23)(H,21,22)/t14-,18-/m0/s1. The highest BCUT2D eigenvalue weighted by Crippen LogP contribution is 2.34. The number of carboxylic acids is 1. The molecule has 6 nitrogen and oxygen atoms in total. The van der Waals surface area contributed by atoms with E-state index in [0.29, 0.717) is 24.3 Å². The zero-order valence-electron chi connectivity index (χ0n) is 14.0.